The van der Waals surface area contributed by atoms with Gasteiger partial charge in [-0.25, -0.2) is 8.42 Å². The second-order valence-electron chi connectivity index (χ2n) is 7.23. The Bertz CT molecular complexity index is 1160. The van der Waals surface area contributed by atoms with Crippen LogP contribution < -0.4 is 14.8 Å². The van der Waals surface area contributed by atoms with E-state index in [2.05, 4.69) is 10.0 Å². The first-order valence-electron chi connectivity index (χ1n) is 9.98. The SMILES string of the molecule is CCOc1ccc(NS(=O)(=O)c2ccc(NC(=O)Cc3ccc(C)c(C)c3)cc2)cc1. The number of ether oxygens (including phenoxy) is 1. The van der Waals surface area contributed by atoms with Gasteiger partial charge in [0.05, 0.1) is 17.9 Å². The predicted octanol–water partition coefficient (Wildman–Crippen LogP) is 4.68. The molecule has 3 aromatic rings. The summed E-state index contributed by atoms with van der Waals surface area (Å²) in [5, 5.41) is 2.80. The van der Waals surface area contributed by atoms with Gasteiger partial charge in [0, 0.05) is 11.4 Å². The number of amides is 1. The molecule has 0 aliphatic heterocycles. The summed E-state index contributed by atoms with van der Waals surface area (Å²) in [4.78, 5) is 12.4. The van der Waals surface area contributed by atoms with Gasteiger partial charge in [0.25, 0.3) is 10.0 Å². The van der Waals surface area contributed by atoms with E-state index in [4.69, 9.17) is 4.74 Å². The number of hydrogen-bond acceptors (Lipinski definition) is 4. The van der Waals surface area contributed by atoms with E-state index in [1.165, 1.54) is 17.7 Å². The maximum atomic E-state index is 12.6. The maximum absolute atomic E-state index is 12.6. The van der Waals surface area contributed by atoms with Gasteiger partial charge in [0.1, 0.15) is 5.75 Å². The number of sulfonamides is 1. The van der Waals surface area contributed by atoms with Gasteiger partial charge in [0.2, 0.25) is 5.91 Å². The first kappa shape index (κ1) is 22.4. The number of hydrogen-bond donors (Lipinski definition) is 2. The Kier molecular flexibility index (Phi) is 6.97. The molecule has 3 rings (SSSR count). The van der Waals surface area contributed by atoms with Crippen LogP contribution >= 0.6 is 0 Å². The van der Waals surface area contributed by atoms with Gasteiger partial charge in [-0.3, -0.25) is 9.52 Å². The van der Waals surface area contributed by atoms with Crippen LogP contribution in [0.5, 0.6) is 5.75 Å². The maximum Gasteiger partial charge on any atom is 0.261 e. The second-order valence-corrected chi connectivity index (χ2v) is 8.91. The van der Waals surface area contributed by atoms with Crippen LogP contribution in [0.2, 0.25) is 0 Å². The van der Waals surface area contributed by atoms with Crippen molar-refractivity contribution in [1.82, 2.24) is 0 Å². The highest BCUT2D eigenvalue weighted by Crippen LogP contribution is 2.21. The highest BCUT2D eigenvalue weighted by atomic mass is 32.2. The molecular formula is C24H26N2O4S. The third-order valence-corrected chi connectivity index (χ3v) is 6.20. The molecule has 0 fully saturated rings. The standard InChI is InChI=1S/C24H26N2O4S/c1-4-30-22-11-7-21(8-12-22)26-31(28,29)23-13-9-20(10-14-23)25-24(27)16-19-6-5-17(2)18(3)15-19/h5-15,26H,4,16H2,1-3H3,(H,25,27). The summed E-state index contributed by atoms with van der Waals surface area (Å²) in [5.74, 6) is 0.512. The molecule has 0 heterocycles. The minimum atomic E-state index is -3.74. The third kappa shape index (κ3) is 6.08. The van der Waals surface area contributed by atoms with Crippen molar-refractivity contribution < 1.29 is 17.9 Å². The minimum absolute atomic E-state index is 0.105. The lowest BCUT2D eigenvalue weighted by Gasteiger charge is -2.11. The fraction of sp³-hybridized carbons (Fsp3) is 0.208. The lowest BCUT2D eigenvalue weighted by atomic mass is 10.0. The molecule has 31 heavy (non-hydrogen) atoms. The molecular weight excluding hydrogens is 412 g/mol. The summed E-state index contributed by atoms with van der Waals surface area (Å²) in [5.41, 5.74) is 4.22. The molecule has 0 bridgehead atoms. The van der Waals surface area contributed by atoms with Crippen LogP contribution in [0.3, 0.4) is 0 Å². The van der Waals surface area contributed by atoms with Crippen molar-refractivity contribution in [3.63, 3.8) is 0 Å². The lowest BCUT2D eigenvalue weighted by Crippen LogP contribution is -2.15. The monoisotopic (exact) mass is 438 g/mol. The zero-order valence-electron chi connectivity index (χ0n) is 17.8. The van der Waals surface area contributed by atoms with Crippen molar-refractivity contribution >= 4 is 27.3 Å². The van der Waals surface area contributed by atoms with Crippen LogP contribution in [0.15, 0.2) is 71.6 Å². The van der Waals surface area contributed by atoms with Crippen molar-refractivity contribution in [3.8, 4) is 5.75 Å². The molecule has 0 spiro atoms. The van der Waals surface area contributed by atoms with Gasteiger partial charge in [-0.1, -0.05) is 18.2 Å². The average molecular weight is 439 g/mol. The number of benzene rings is 3. The van der Waals surface area contributed by atoms with Crippen LogP contribution in [0, 0.1) is 13.8 Å². The summed E-state index contributed by atoms with van der Waals surface area (Å²) in [6.45, 7) is 6.46. The van der Waals surface area contributed by atoms with Gasteiger partial charge in [-0.2, -0.15) is 0 Å². The first-order chi connectivity index (χ1) is 14.8. The molecule has 0 aromatic heterocycles. The van der Waals surface area contributed by atoms with Crippen molar-refractivity contribution in [3.05, 3.63) is 83.4 Å². The lowest BCUT2D eigenvalue weighted by molar-refractivity contribution is -0.115. The van der Waals surface area contributed by atoms with Crippen molar-refractivity contribution in [2.45, 2.75) is 32.1 Å². The molecule has 3 aromatic carbocycles. The summed E-state index contributed by atoms with van der Waals surface area (Å²) >= 11 is 0. The van der Waals surface area contributed by atoms with Gasteiger partial charge in [-0.15, -0.1) is 0 Å². The Morgan fingerprint density at radius 2 is 1.52 bits per heavy atom. The molecule has 0 radical (unpaired) electrons. The van der Waals surface area contributed by atoms with Crippen molar-refractivity contribution in [2.24, 2.45) is 0 Å². The highest BCUT2D eigenvalue weighted by molar-refractivity contribution is 7.92. The molecule has 7 heteroatoms. The largest absolute Gasteiger partial charge is 0.494 e. The molecule has 0 aliphatic carbocycles. The fourth-order valence-corrected chi connectivity index (χ4v) is 4.08. The highest BCUT2D eigenvalue weighted by Gasteiger charge is 2.14. The minimum Gasteiger partial charge on any atom is -0.494 e. The van der Waals surface area contributed by atoms with E-state index in [0.717, 1.165) is 11.1 Å². The van der Waals surface area contributed by atoms with Crippen molar-refractivity contribution in [1.29, 1.82) is 0 Å². The van der Waals surface area contributed by atoms with E-state index in [9.17, 15) is 13.2 Å². The average Bonchev–Trinajstić information content (AvgIpc) is 2.72. The molecule has 2 N–H and O–H groups in total. The third-order valence-electron chi connectivity index (χ3n) is 4.80. The van der Waals surface area contributed by atoms with E-state index in [-0.39, 0.29) is 17.2 Å². The molecule has 0 saturated heterocycles. The van der Waals surface area contributed by atoms with E-state index < -0.39 is 10.0 Å². The fourth-order valence-electron chi connectivity index (χ4n) is 3.02. The Morgan fingerprint density at radius 3 is 2.13 bits per heavy atom. The molecule has 1 amide bonds. The van der Waals surface area contributed by atoms with E-state index >= 15 is 0 Å². The van der Waals surface area contributed by atoms with Crippen LogP contribution in [-0.2, 0) is 21.2 Å². The van der Waals surface area contributed by atoms with E-state index in [0.29, 0.717) is 23.7 Å². The quantitative estimate of drug-likeness (QED) is 0.535. The first-order valence-corrected chi connectivity index (χ1v) is 11.5. The summed E-state index contributed by atoms with van der Waals surface area (Å²) < 4.78 is 33.1. The van der Waals surface area contributed by atoms with Gasteiger partial charge in [-0.05, 0) is 86.0 Å². The molecule has 0 saturated carbocycles. The number of carbonyl (C=O) groups is 1. The summed E-state index contributed by atoms with van der Waals surface area (Å²) in [6.07, 6.45) is 0.250. The Morgan fingerprint density at radius 1 is 0.871 bits per heavy atom. The van der Waals surface area contributed by atoms with Gasteiger partial charge < -0.3 is 10.1 Å². The molecule has 0 atom stereocenters. The Hall–Kier alpha value is -3.32. The van der Waals surface area contributed by atoms with Gasteiger partial charge >= 0.3 is 0 Å². The van der Waals surface area contributed by atoms with Crippen LogP contribution in [0.25, 0.3) is 0 Å². The van der Waals surface area contributed by atoms with Crippen LogP contribution in [-0.4, -0.2) is 20.9 Å². The van der Waals surface area contributed by atoms with Crippen LogP contribution in [0.1, 0.15) is 23.6 Å². The Labute approximate surface area is 183 Å². The zero-order valence-corrected chi connectivity index (χ0v) is 18.6. The number of anilines is 2. The summed E-state index contributed by atoms with van der Waals surface area (Å²) in [6, 6.07) is 18.7. The number of nitrogens with one attached hydrogen (secondary N) is 2. The molecule has 6 nitrogen and oxygen atoms in total. The zero-order chi connectivity index (χ0) is 22.4. The summed E-state index contributed by atoms with van der Waals surface area (Å²) in [7, 11) is -3.74. The topological polar surface area (TPSA) is 84.5 Å². The smallest absolute Gasteiger partial charge is 0.261 e. The normalized spacial score (nSPS) is 11.1. The number of aryl methyl sites for hydroxylation is 2. The predicted molar refractivity (Wildman–Crippen MR) is 123 cm³/mol. The van der Waals surface area contributed by atoms with E-state index in [1.54, 1.807) is 36.4 Å². The molecule has 0 aliphatic rings. The molecule has 0 unspecified atom stereocenters. The van der Waals surface area contributed by atoms with E-state index in [1.807, 2.05) is 39.0 Å². The van der Waals surface area contributed by atoms with Crippen LogP contribution in [0.4, 0.5) is 11.4 Å². The van der Waals surface area contributed by atoms with Gasteiger partial charge in [0.15, 0.2) is 0 Å². The molecule has 162 valence electrons. The Balaban J connectivity index is 1.62. The number of rotatable bonds is 8. The number of carbonyl (C=O) groups excluding carboxylic acids is 1. The second kappa shape index (κ2) is 9.66. The van der Waals surface area contributed by atoms with Crippen molar-refractivity contribution in [2.75, 3.05) is 16.6 Å².